The van der Waals surface area contributed by atoms with Crippen LogP contribution in [0.5, 0.6) is 11.5 Å². The number of thiocarbonyl (C=S) groups is 1. The normalized spacial score (nSPS) is 16.3. The third-order valence-corrected chi connectivity index (χ3v) is 9.52. The third kappa shape index (κ3) is 10.1. The number of methoxy groups -OCH3 is 1. The van der Waals surface area contributed by atoms with E-state index in [1.165, 1.54) is 54.5 Å². The highest BCUT2D eigenvalue weighted by Gasteiger charge is 2.37. The van der Waals surface area contributed by atoms with E-state index in [4.69, 9.17) is 26.4 Å². The van der Waals surface area contributed by atoms with Crippen molar-refractivity contribution in [2.75, 3.05) is 58.4 Å². The lowest BCUT2D eigenvalue weighted by molar-refractivity contribution is -0.143. The first kappa shape index (κ1) is 39.6. The molecule has 2 heterocycles. The van der Waals surface area contributed by atoms with Gasteiger partial charge in [-0.1, -0.05) is 30.0 Å². The molecule has 0 saturated carbocycles. The molecule has 0 radical (unpaired) electrons. The maximum absolute atomic E-state index is 13.7. The highest BCUT2D eigenvalue weighted by atomic mass is 32.2. The molecule has 2 saturated heterocycles. The fourth-order valence-corrected chi connectivity index (χ4v) is 6.69. The standard InChI is InChI=1S/C35H31F6N3O7S2/c1-49-28-17-21(32(47)48)2-4-26(28)42-30(45)6-7-44-31(46)29(53-33(44)52)18-23-14-20(3-5-27(23)51-13-10-43-8-11-50-12-9-43)22-15-24(34(36,37)38)19-25(16-22)35(39,40)41/h2-5,14-19H,6-13H2,1H3,(H,42,45)(H,47,48)/b29-18-. The summed E-state index contributed by atoms with van der Waals surface area (Å²) in [5.74, 6) is -1.98. The summed E-state index contributed by atoms with van der Waals surface area (Å²) in [6.45, 7) is 3.00. The van der Waals surface area contributed by atoms with Crippen LogP contribution in [-0.4, -0.2) is 90.1 Å². The van der Waals surface area contributed by atoms with Gasteiger partial charge >= 0.3 is 18.3 Å². The zero-order valence-electron chi connectivity index (χ0n) is 27.8. The largest absolute Gasteiger partial charge is 0.495 e. The van der Waals surface area contributed by atoms with Gasteiger partial charge in [0.25, 0.3) is 5.91 Å². The minimum Gasteiger partial charge on any atom is -0.495 e. The molecule has 10 nitrogen and oxygen atoms in total. The third-order valence-electron chi connectivity index (χ3n) is 8.14. The fourth-order valence-electron chi connectivity index (χ4n) is 5.39. The molecule has 3 aromatic rings. The number of nitrogens with one attached hydrogen (secondary N) is 1. The second kappa shape index (κ2) is 16.6. The summed E-state index contributed by atoms with van der Waals surface area (Å²) < 4.78 is 98.6. The Labute approximate surface area is 308 Å². The molecule has 53 heavy (non-hydrogen) atoms. The number of ether oxygens (including phenoxy) is 3. The van der Waals surface area contributed by atoms with Crippen molar-refractivity contribution in [3.63, 3.8) is 0 Å². The van der Waals surface area contributed by atoms with Gasteiger partial charge in [0.2, 0.25) is 5.91 Å². The number of anilines is 1. The summed E-state index contributed by atoms with van der Waals surface area (Å²) >= 11 is 6.30. The van der Waals surface area contributed by atoms with Crippen LogP contribution in [0.1, 0.15) is 33.5 Å². The number of carbonyl (C=O) groups is 3. The van der Waals surface area contributed by atoms with Gasteiger partial charge in [0.05, 0.1) is 47.6 Å². The Morgan fingerprint density at radius 2 is 1.62 bits per heavy atom. The van der Waals surface area contributed by atoms with Gasteiger partial charge in [0.1, 0.15) is 22.4 Å². The van der Waals surface area contributed by atoms with E-state index in [0.29, 0.717) is 45.0 Å². The van der Waals surface area contributed by atoms with E-state index in [1.807, 2.05) is 0 Å². The van der Waals surface area contributed by atoms with Crippen LogP contribution < -0.4 is 14.8 Å². The number of carboxylic acids is 1. The van der Waals surface area contributed by atoms with Crippen LogP contribution in [0.3, 0.4) is 0 Å². The molecule has 18 heteroatoms. The van der Waals surface area contributed by atoms with Crippen LogP contribution >= 0.6 is 24.0 Å². The van der Waals surface area contributed by atoms with E-state index in [9.17, 15) is 45.8 Å². The lowest BCUT2D eigenvalue weighted by Crippen LogP contribution is -2.38. The summed E-state index contributed by atoms with van der Waals surface area (Å²) in [6.07, 6.45) is -8.93. The van der Waals surface area contributed by atoms with E-state index in [0.717, 1.165) is 11.8 Å². The van der Waals surface area contributed by atoms with Crippen LogP contribution in [0.25, 0.3) is 17.2 Å². The van der Waals surface area contributed by atoms with E-state index in [2.05, 4.69) is 10.2 Å². The molecule has 0 unspecified atom stereocenters. The predicted molar refractivity (Wildman–Crippen MR) is 188 cm³/mol. The van der Waals surface area contributed by atoms with Crippen molar-refractivity contribution >= 4 is 57.8 Å². The Bertz CT molecular complexity index is 1900. The van der Waals surface area contributed by atoms with Crippen molar-refractivity contribution in [1.29, 1.82) is 0 Å². The summed E-state index contributed by atoms with van der Waals surface area (Å²) in [7, 11) is 1.30. The highest BCUT2D eigenvalue weighted by Crippen LogP contribution is 2.40. The van der Waals surface area contributed by atoms with Crippen molar-refractivity contribution in [2.24, 2.45) is 0 Å². The van der Waals surface area contributed by atoms with Crippen LogP contribution in [-0.2, 0) is 26.7 Å². The molecule has 282 valence electrons. The molecule has 0 atom stereocenters. The average molecular weight is 784 g/mol. The van der Waals surface area contributed by atoms with Crippen molar-refractivity contribution in [2.45, 2.75) is 18.8 Å². The zero-order valence-corrected chi connectivity index (χ0v) is 29.4. The number of rotatable bonds is 12. The predicted octanol–water partition coefficient (Wildman–Crippen LogP) is 7.04. The number of benzene rings is 3. The molecule has 2 amide bonds. The SMILES string of the molecule is COc1cc(C(=O)O)ccc1NC(=O)CCN1C(=O)/C(=C/c2cc(-c3cc(C(F)(F)F)cc(C(F)(F)F)c3)ccc2OCCN2CCOCC2)SC1=S. The summed E-state index contributed by atoms with van der Waals surface area (Å²) in [6, 6.07) is 9.26. The maximum atomic E-state index is 13.7. The van der Waals surface area contributed by atoms with Gasteiger partial charge < -0.3 is 24.6 Å². The van der Waals surface area contributed by atoms with Crippen LogP contribution in [0.2, 0.25) is 0 Å². The monoisotopic (exact) mass is 783 g/mol. The van der Waals surface area contributed by atoms with E-state index in [1.54, 1.807) is 0 Å². The second-order valence-corrected chi connectivity index (χ2v) is 13.4. The molecule has 5 rings (SSSR count). The van der Waals surface area contributed by atoms with Gasteiger partial charge in [-0.05, 0) is 65.7 Å². The minimum atomic E-state index is -5.05. The zero-order chi connectivity index (χ0) is 38.5. The van der Waals surface area contributed by atoms with Gasteiger partial charge in [-0.3, -0.25) is 19.4 Å². The van der Waals surface area contributed by atoms with Crippen LogP contribution in [0.4, 0.5) is 32.0 Å². The first-order chi connectivity index (χ1) is 25.0. The number of thioether (sulfide) groups is 1. The average Bonchev–Trinajstić information content (AvgIpc) is 3.38. The molecule has 0 spiro atoms. The first-order valence-corrected chi connectivity index (χ1v) is 17.1. The maximum Gasteiger partial charge on any atom is 0.416 e. The molecule has 2 aliphatic heterocycles. The number of aromatic carboxylic acids is 1. The number of hydrogen-bond donors (Lipinski definition) is 2. The van der Waals surface area contributed by atoms with Gasteiger partial charge in [0.15, 0.2) is 0 Å². The molecular weight excluding hydrogens is 753 g/mol. The van der Waals surface area contributed by atoms with Gasteiger partial charge in [-0.25, -0.2) is 4.79 Å². The number of morpholine rings is 1. The smallest absolute Gasteiger partial charge is 0.416 e. The molecule has 2 aliphatic rings. The molecule has 3 aromatic carbocycles. The number of nitrogens with zero attached hydrogens (tertiary/aromatic N) is 2. The fraction of sp³-hybridized carbons (Fsp3) is 0.314. The molecule has 0 aliphatic carbocycles. The van der Waals surface area contributed by atoms with Crippen LogP contribution in [0, 0.1) is 0 Å². The van der Waals surface area contributed by atoms with Gasteiger partial charge in [-0.2, -0.15) is 26.3 Å². The van der Waals surface area contributed by atoms with E-state index < -0.39 is 41.3 Å². The van der Waals surface area contributed by atoms with Crippen molar-refractivity contribution in [1.82, 2.24) is 9.80 Å². The molecule has 2 fully saturated rings. The Morgan fingerprint density at radius 3 is 2.25 bits per heavy atom. The number of amides is 2. The molecule has 0 bridgehead atoms. The second-order valence-electron chi connectivity index (χ2n) is 11.7. The van der Waals surface area contributed by atoms with Crippen molar-refractivity contribution in [3.8, 4) is 22.6 Å². The lowest BCUT2D eigenvalue weighted by atomic mass is 9.97. The lowest BCUT2D eigenvalue weighted by Gasteiger charge is -2.26. The van der Waals surface area contributed by atoms with E-state index >= 15 is 0 Å². The molecule has 2 N–H and O–H groups in total. The molecular formula is C35H31F6N3O7S2. The number of alkyl halides is 6. The highest BCUT2D eigenvalue weighted by molar-refractivity contribution is 8.26. The summed E-state index contributed by atoms with van der Waals surface area (Å²) in [4.78, 5) is 40.9. The quantitative estimate of drug-likeness (QED) is 0.113. The van der Waals surface area contributed by atoms with Gasteiger partial charge in [-0.15, -0.1) is 0 Å². The Hall–Kier alpha value is -4.65. The topological polar surface area (TPSA) is 118 Å². The Morgan fingerprint density at radius 1 is 0.943 bits per heavy atom. The van der Waals surface area contributed by atoms with E-state index in [-0.39, 0.29) is 74.3 Å². The number of carboxylic acid groups (broad SMARTS) is 1. The van der Waals surface area contributed by atoms with Crippen molar-refractivity contribution in [3.05, 3.63) is 81.8 Å². The Kier molecular flexibility index (Phi) is 12.4. The number of carbonyl (C=O) groups excluding carboxylic acids is 2. The summed E-state index contributed by atoms with van der Waals surface area (Å²) in [5, 5.41) is 11.8. The number of hydrogen-bond acceptors (Lipinski definition) is 9. The Balaban J connectivity index is 1.39. The molecule has 0 aromatic heterocycles. The minimum absolute atomic E-state index is 0.00680. The first-order valence-electron chi connectivity index (χ1n) is 15.9. The summed E-state index contributed by atoms with van der Waals surface area (Å²) in [5.41, 5.74) is -2.95. The van der Waals surface area contributed by atoms with Gasteiger partial charge in [0, 0.05) is 38.2 Å². The van der Waals surface area contributed by atoms with Crippen LogP contribution in [0.15, 0.2) is 59.5 Å². The van der Waals surface area contributed by atoms with Crippen molar-refractivity contribution < 1.29 is 60.0 Å². The number of halogens is 6.